The zero-order valence-corrected chi connectivity index (χ0v) is 13.0. The van der Waals surface area contributed by atoms with E-state index in [1.165, 1.54) is 32.0 Å². The molecule has 1 atom stereocenters. The lowest BCUT2D eigenvalue weighted by Gasteiger charge is -2.50. The Kier molecular flexibility index (Phi) is 2.80. The third-order valence-corrected chi connectivity index (χ3v) is 5.72. The van der Waals surface area contributed by atoms with Crippen LogP contribution >= 0.6 is 0 Å². The van der Waals surface area contributed by atoms with Crippen LogP contribution in [0.2, 0.25) is 0 Å². The van der Waals surface area contributed by atoms with Gasteiger partial charge in [0.1, 0.15) is 11.4 Å². The molecular weight excluding hydrogens is 291 g/mol. The van der Waals surface area contributed by atoms with Crippen LogP contribution in [0.5, 0.6) is 5.88 Å². The Hall–Kier alpha value is -1.94. The Morgan fingerprint density at radius 3 is 2.78 bits per heavy atom. The largest absolute Gasteiger partial charge is 0.469 e. The fraction of sp³-hybridized carbons (Fsp3) is 0.421. The van der Waals surface area contributed by atoms with E-state index in [0.717, 1.165) is 30.0 Å². The zero-order chi connectivity index (χ0) is 15.4. The molecule has 4 heteroatoms. The van der Waals surface area contributed by atoms with Crippen molar-refractivity contribution in [2.45, 2.75) is 24.9 Å². The van der Waals surface area contributed by atoms with Crippen molar-refractivity contribution >= 4 is 0 Å². The van der Waals surface area contributed by atoms with E-state index in [2.05, 4.69) is 16.0 Å². The summed E-state index contributed by atoms with van der Waals surface area (Å²) in [6, 6.07) is 8.93. The van der Waals surface area contributed by atoms with Gasteiger partial charge in [0, 0.05) is 41.8 Å². The fourth-order valence-electron chi connectivity index (χ4n) is 4.55. The van der Waals surface area contributed by atoms with E-state index in [1.54, 1.807) is 18.3 Å². The number of piperidine rings is 3. The molecule has 3 saturated heterocycles. The molecule has 118 valence electrons. The van der Waals surface area contributed by atoms with E-state index in [9.17, 15) is 4.39 Å². The minimum Gasteiger partial charge on any atom is -0.469 e. The number of aromatic nitrogens is 1. The number of hydrogen-bond acceptors (Lipinski definition) is 3. The molecule has 1 aromatic carbocycles. The molecule has 0 amide bonds. The van der Waals surface area contributed by atoms with Crippen LogP contribution in [0, 0.1) is 11.7 Å². The van der Waals surface area contributed by atoms with Gasteiger partial charge in [0.15, 0.2) is 0 Å². The number of halogens is 1. The van der Waals surface area contributed by atoms with Gasteiger partial charge in [-0.05, 0) is 38.1 Å². The lowest BCUT2D eigenvalue weighted by molar-refractivity contribution is -0.0814. The first-order valence-electron chi connectivity index (χ1n) is 8.39. The number of pyridine rings is 1. The average molecular weight is 310 g/mol. The second kappa shape index (κ2) is 4.78. The Balaban J connectivity index is 1.51. The first-order valence-corrected chi connectivity index (χ1v) is 8.39. The highest BCUT2D eigenvalue weighted by Gasteiger charge is 2.52. The highest BCUT2D eigenvalue weighted by molar-refractivity contribution is 5.65. The quantitative estimate of drug-likeness (QED) is 0.808. The van der Waals surface area contributed by atoms with Crippen LogP contribution in [-0.2, 0) is 6.42 Å². The maximum atomic E-state index is 14.0. The van der Waals surface area contributed by atoms with Crippen molar-refractivity contribution in [2.75, 3.05) is 19.6 Å². The molecule has 5 heterocycles. The summed E-state index contributed by atoms with van der Waals surface area (Å²) >= 11 is 0. The third kappa shape index (κ3) is 2.01. The summed E-state index contributed by atoms with van der Waals surface area (Å²) in [5, 5.41) is 0. The number of nitrogens with zero attached hydrogens (tertiary/aromatic N) is 2. The Bertz CT molecular complexity index is 770. The van der Waals surface area contributed by atoms with E-state index in [0.29, 0.717) is 11.5 Å². The smallest absolute Gasteiger partial charge is 0.217 e. The van der Waals surface area contributed by atoms with Crippen molar-refractivity contribution in [3.05, 3.63) is 47.9 Å². The van der Waals surface area contributed by atoms with Crippen LogP contribution in [0.4, 0.5) is 4.39 Å². The second-order valence-corrected chi connectivity index (χ2v) is 7.06. The number of ether oxygens (including phenoxy) is 1. The molecule has 4 aliphatic rings. The molecular formula is C19H19FN2O. The van der Waals surface area contributed by atoms with Crippen LogP contribution < -0.4 is 4.74 Å². The van der Waals surface area contributed by atoms with E-state index in [-0.39, 0.29) is 11.4 Å². The molecule has 1 aromatic heterocycles. The van der Waals surface area contributed by atoms with Gasteiger partial charge in [0.05, 0.1) is 0 Å². The van der Waals surface area contributed by atoms with Gasteiger partial charge in [0.2, 0.25) is 5.88 Å². The molecule has 2 bridgehead atoms. The summed E-state index contributed by atoms with van der Waals surface area (Å²) in [6.07, 6.45) is 5.07. The van der Waals surface area contributed by atoms with E-state index in [1.807, 2.05) is 6.07 Å². The predicted octanol–water partition coefficient (Wildman–Crippen LogP) is 3.29. The van der Waals surface area contributed by atoms with Crippen LogP contribution in [-0.4, -0.2) is 35.1 Å². The molecule has 2 aromatic rings. The molecule has 1 spiro atoms. The van der Waals surface area contributed by atoms with Gasteiger partial charge < -0.3 is 4.74 Å². The van der Waals surface area contributed by atoms with Crippen molar-refractivity contribution in [1.82, 2.24) is 9.88 Å². The summed E-state index contributed by atoms with van der Waals surface area (Å²) in [7, 11) is 0. The molecule has 0 N–H and O–H groups in total. The number of hydrogen-bond donors (Lipinski definition) is 0. The van der Waals surface area contributed by atoms with Crippen molar-refractivity contribution in [3.8, 4) is 17.0 Å². The zero-order valence-electron chi connectivity index (χ0n) is 13.0. The van der Waals surface area contributed by atoms with Gasteiger partial charge in [-0.1, -0.05) is 18.2 Å². The Labute approximate surface area is 135 Å². The lowest BCUT2D eigenvalue weighted by atomic mass is 9.73. The third-order valence-electron chi connectivity index (χ3n) is 5.72. The van der Waals surface area contributed by atoms with E-state index < -0.39 is 0 Å². The maximum absolute atomic E-state index is 14.0. The molecule has 6 rings (SSSR count). The fourth-order valence-corrected chi connectivity index (χ4v) is 4.55. The molecule has 3 nitrogen and oxygen atoms in total. The van der Waals surface area contributed by atoms with Gasteiger partial charge in [-0.25, -0.2) is 9.37 Å². The van der Waals surface area contributed by atoms with Crippen LogP contribution in [0.15, 0.2) is 36.5 Å². The van der Waals surface area contributed by atoms with Gasteiger partial charge >= 0.3 is 0 Å². The molecule has 4 aliphatic heterocycles. The molecule has 0 aliphatic carbocycles. The standard InChI is InChI=1S/C19H19FN2O/c20-17-4-2-1-3-16(17)14-9-13-10-19(23-18(13)21-11-14)12-22-7-5-15(19)6-8-22/h1-4,9,11,15H,5-8,10,12H2. The number of rotatable bonds is 1. The SMILES string of the molecule is Fc1ccccc1-c1cnc2c(c1)CC1(CN3CCC1CC3)O2. The average Bonchev–Trinajstić information content (AvgIpc) is 2.93. The minimum atomic E-state index is -0.203. The van der Waals surface area contributed by atoms with Gasteiger partial charge in [-0.3, -0.25) is 4.90 Å². The van der Waals surface area contributed by atoms with Gasteiger partial charge in [-0.15, -0.1) is 0 Å². The summed E-state index contributed by atoms with van der Waals surface area (Å²) in [4.78, 5) is 7.01. The lowest BCUT2D eigenvalue weighted by Crippen LogP contribution is -2.61. The first kappa shape index (κ1) is 13.5. The molecule has 1 unspecified atom stereocenters. The van der Waals surface area contributed by atoms with Gasteiger partial charge in [0.25, 0.3) is 0 Å². The van der Waals surface area contributed by atoms with Gasteiger partial charge in [-0.2, -0.15) is 0 Å². The molecule has 3 fully saturated rings. The monoisotopic (exact) mass is 310 g/mol. The van der Waals surface area contributed by atoms with Crippen LogP contribution in [0.1, 0.15) is 18.4 Å². The second-order valence-electron chi connectivity index (χ2n) is 7.06. The Morgan fingerprint density at radius 1 is 1.22 bits per heavy atom. The van der Waals surface area contributed by atoms with Crippen molar-refractivity contribution < 1.29 is 9.13 Å². The van der Waals surface area contributed by atoms with Crippen LogP contribution in [0.3, 0.4) is 0 Å². The summed E-state index contributed by atoms with van der Waals surface area (Å²) in [5.74, 6) is 1.17. The topological polar surface area (TPSA) is 25.4 Å². The maximum Gasteiger partial charge on any atom is 0.217 e. The number of benzene rings is 1. The van der Waals surface area contributed by atoms with Crippen LogP contribution in [0.25, 0.3) is 11.1 Å². The van der Waals surface area contributed by atoms with E-state index in [4.69, 9.17) is 4.74 Å². The first-order chi connectivity index (χ1) is 11.2. The summed E-state index contributed by atoms with van der Waals surface area (Å²) in [5.41, 5.74) is 2.47. The summed E-state index contributed by atoms with van der Waals surface area (Å²) < 4.78 is 20.4. The highest BCUT2D eigenvalue weighted by atomic mass is 19.1. The normalized spacial score (nSPS) is 31.2. The minimum absolute atomic E-state index is 0.0975. The predicted molar refractivity (Wildman–Crippen MR) is 85.9 cm³/mol. The molecule has 0 radical (unpaired) electrons. The number of fused-ring (bicyclic) bond motifs is 3. The highest BCUT2D eigenvalue weighted by Crippen LogP contribution is 2.46. The molecule has 23 heavy (non-hydrogen) atoms. The Morgan fingerprint density at radius 2 is 2.04 bits per heavy atom. The summed E-state index contributed by atoms with van der Waals surface area (Å²) in [6.45, 7) is 3.39. The van der Waals surface area contributed by atoms with E-state index >= 15 is 0 Å². The van der Waals surface area contributed by atoms with Crippen molar-refractivity contribution in [1.29, 1.82) is 0 Å². The molecule has 0 saturated carbocycles. The van der Waals surface area contributed by atoms with Crippen molar-refractivity contribution in [3.63, 3.8) is 0 Å². The van der Waals surface area contributed by atoms with Crippen molar-refractivity contribution in [2.24, 2.45) is 5.92 Å².